The molecule has 1 aromatic carbocycles. The maximum atomic E-state index is 12.4. The molecule has 6 nitrogen and oxygen atoms in total. The van der Waals surface area contributed by atoms with Gasteiger partial charge in [0.15, 0.2) is 4.77 Å². The van der Waals surface area contributed by atoms with E-state index >= 15 is 0 Å². The maximum absolute atomic E-state index is 12.4. The monoisotopic (exact) mass is 432 g/mol. The third-order valence-corrected chi connectivity index (χ3v) is 5.56. The van der Waals surface area contributed by atoms with Gasteiger partial charge in [-0.15, -0.1) is 0 Å². The van der Waals surface area contributed by atoms with E-state index in [4.69, 9.17) is 12.2 Å². The summed E-state index contributed by atoms with van der Waals surface area (Å²) in [6, 6.07) is 4.08. The standard InChI is InChI=1S/C23H36N4O2S/c1-8-27-18(25-26-21(27)30)11-12-24-19(28)10-9-15-13-16(22(2,3)4)20(29)17(14-15)23(5,6)7/h13-14,29H,8-12H2,1-7H3,(H,24,28)(H,26,30). The lowest BCUT2D eigenvalue weighted by Gasteiger charge is -2.28. The molecule has 0 saturated heterocycles. The van der Waals surface area contributed by atoms with Gasteiger partial charge in [-0.25, -0.2) is 0 Å². The second kappa shape index (κ2) is 9.33. The van der Waals surface area contributed by atoms with E-state index in [1.165, 1.54) is 0 Å². The molecule has 0 aliphatic carbocycles. The van der Waals surface area contributed by atoms with Crippen LogP contribution in [0.5, 0.6) is 5.75 Å². The van der Waals surface area contributed by atoms with Crippen LogP contribution in [0.1, 0.15) is 77.4 Å². The van der Waals surface area contributed by atoms with E-state index in [-0.39, 0.29) is 16.7 Å². The molecule has 1 heterocycles. The molecule has 166 valence electrons. The van der Waals surface area contributed by atoms with Crippen LogP contribution in [0.2, 0.25) is 0 Å². The van der Waals surface area contributed by atoms with Gasteiger partial charge in [-0.1, -0.05) is 53.7 Å². The third-order valence-electron chi connectivity index (χ3n) is 5.25. The van der Waals surface area contributed by atoms with Gasteiger partial charge >= 0.3 is 0 Å². The maximum Gasteiger partial charge on any atom is 0.220 e. The summed E-state index contributed by atoms with van der Waals surface area (Å²) in [5.74, 6) is 1.23. The van der Waals surface area contributed by atoms with Crippen LogP contribution in [0.25, 0.3) is 0 Å². The van der Waals surface area contributed by atoms with Gasteiger partial charge in [-0.2, -0.15) is 5.10 Å². The fraction of sp³-hybridized carbons (Fsp3) is 0.609. The van der Waals surface area contributed by atoms with E-state index in [9.17, 15) is 9.90 Å². The first-order chi connectivity index (χ1) is 13.8. The number of hydrogen-bond acceptors (Lipinski definition) is 4. The van der Waals surface area contributed by atoms with Crippen LogP contribution in [-0.4, -0.2) is 32.3 Å². The minimum Gasteiger partial charge on any atom is -0.507 e. The quantitative estimate of drug-likeness (QED) is 0.561. The number of aromatic nitrogens is 3. The molecule has 7 heteroatoms. The number of aromatic hydroxyl groups is 1. The van der Waals surface area contributed by atoms with Crippen molar-refractivity contribution < 1.29 is 9.90 Å². The summed E-state index contributed by atoms with van der Waals surface area (Å²) in [6.07, 6.45) is 1.67. The second-order valence-corrected chi connectivity index (χ2v) is 10.2. The molecule has 0 atom stereocenters. The van der Waals surface area contributed by atoms with Gasteiger partial charge in [0, 0.05) is 25.9 Å². The van der Waals surface area contributed by atoms with Crippen LogP contribution >= 0.6 is 12.2 Å². The number of hydrogen-bond donors (Lipinski definition) is 3. The number of nitrogens with one attached hydrogen (secondary N) is 2. The Morgan fingerprint density at radius 3 is 2.20 bits per heavy atom. The number of benzene rings is 1. The predicted octanol–water partition coefficient (Wildman–Crippen LogP) is 4.55. The molecule has 0 aliphatic rings. The largest absolute Gasteiger partial charge is 0.507 e. The number of carbonyl (C=O) groups excluding carboxylic acids is 1. The van der Waals surface area contributed by atoms with Gasteiger partial charge in [-0.05, 0) is 53.1 Å². The van der Waals surface area contributed by atoms with Crippen molar-refractivity contribution in [2.75, 3.05) is 6.54 Å². The fourth-order valence-corrected chi connectivity index (χ4v) is 3.79. The lowest BCUT2D eigenvalue weighted by Crippen LogP contribution is -2.26. The van der Waals surface area contributed by atoms with Crippen LogP contribution in [0, 0.1) is 4.77 Å². The van der Waals surface area contributed by atoms with Crippen molar-refractivity contribution >= 4 is 18.1 Å². The van der Waals surface area contributed by atoms with Crippen molar-refractivity contribution in [3.05, 3.63) is 39.4 Å². The molecule has 0 aliphatic heterocycles. The highest BCUT2D eigenvalue weighted by molar-refractivity contribution is 7.71. The molecule has 30 heavy (non-hydrogen) atoms. The molecule has 2 rings (SSSR count). The van der Waals surface area contributed by atoms with E-state index in [0.717, 1.165) is 29.1 Å². The van der Waals surface area contributed by atoms with Gasteiger partial charge in [0.25, 0.3) is 0 Å². The highest BCUT2D eigenvalue weighted by Gasteiger charge is 2.26. The zero-order chi connectivity index (χ0) is 22.7. The molecule has 3 N–H and O–H groups in total. The van der Waals surface area contributed by atoms with Gasteiger partial charge in [-0.3, -0.25) is 9.89 Å². The molecular weight excluding hydrogens is 396 g/mol. The van der Waals surface area contributed by atoms with E-state index in [1.54, 1.807) is 0 Å². The minimum atomic E-state index is -0.176. The summed E-state index contributed by atoms with van der Waals surface area (Å²) in [4.78, 5) is 12.4. The van der Waals surface area contributed by atoms with Crippen LogP contribution in [-0.2, 0) is 35.0 Å². The number of phenolic OH excluding ortho intramolecular Hbond substituents is 1. The highest BCUT2D eigenvalue weighted by atomic mass is 32.1. The van der Waals surface area contributed by atoms with Crippen LogP contribution in [0.15, 0.2) is 12.1 Å². The van der Waals surface area contributed by atoms with Crippen molar-refractivity contribution in [1.82, 2.24) is 20.1 Å². The summed E-state index contributed by atoms with van der Waals surface area (Å²) in [5.41, 5.74) is 2.57. The van der Waals surface area contributed by atoms with Crippen molar-refractivity contribution in [2.24, 2.45) is 0 Å². The van der Waals surface area contributed by atoms with Crippen LogP contribution in [0.3, 0.4) is 0 Å². The first kappa shape index (κ1) is 24.1. The van der Waals surface area contributed by atoms with Gasteiger partial charge in [0.2, 0.25) is 5.91 Å². The highest BCUT2D eigenvalue weighted by Crippen LogP contribution is 2.39. The van der Waals surface area contributed by atoms with Crippen molar-refractivity contribution in [2.45, 2.75) is 85.1 Å². The van der Waals surface area contributed by atoms with Crippen LogP contribution in [0.4, 0.5) is 0 Å². The van der Waals surface area contributed by atoms with E-state index in [0.29, 0.717) is 36.3 Å². The Balaban J connectivity index is 2.04. The van der Waals surface area contributed by atoms with E-state index in [2.05, 4.69) is 57.1 Å². The number of H-pyrrole nitrogens is 1. The predicted molar refractivity (Wildman–Crippen MR) is 124 cm³/mol. The average molecular weight is 433 g/mol. The Morgan fingerprint density at radius 2 is 1.70 bits per heavy atom. The number of aryl methyl sites for hydroxylation is 1. The normalized spacial score (nSPS) is 12.2. The second-order valence-electron chi connectivity index (χ2n) is 9.83. The summed E-state index contributed by atoms with van der Waals surface area (Å²) < 4.78 is 2.54. The summed E-state index contributed by atoms with van der Waals surface area (Å²) in [7, 11) is 0. The molecular formula is C23H36N4O2S. The number of aromatic amines is 1. The molecule has 0 fully saturated rings. The lowest BCUT2D eigenvalue weighted by atomic mass is 9.78. The first-order valence-corrected chi connectivity index (χ1v) is 11.0. The number of phenols is 1. The lowest BCUT2D eigenvalue weighted by molar-refractivity contribution is -0.121. The van der Waals surface area contributed by atoms with Gasteiger partial charge in [0.05, 0.1) is 0 Å². The molecule has 0 spiro atoms. The zero-order valence-corrected chi connectivity index (χ0v) is 20.2. The third kappa shape index (κ3) is 5.94. The number of nitrogens with zero attached hydrogens (tertiary/aromatic N) is 2. The Hall–Kier alpha value is -2.15. The fourth-order valence-electron chi connectivity index (χ4n) is 3.51. The van der Waals surface area contributed by atoms with Crippen LogP contribution < -0.4 is 5.32 Å². The Labute approximate surface area is 185 Å². The smallest absolute Gasteiger partial charge is 0.220 e. The Morgan fingerprint density at radius 1 is 1.13 bits per heavy atom. The first-order valence-electron chi connectivity index (χ1n) is 10.6. The molecule has 2 aromatic rings. The van der Waals surface area contributed by atoms with Gasteiger partial charge < -0.3 is 15.0 Å². The molecule has 1 aromatic heterocycles. The molecule has 0 unspecified atom stereocenters. The summed E-state index contributed by atoms with van der Waals surface area (Å²) in [5, 5.41) is 20.8. The number of rotatable bonds is 7. The topological polar surface area (TPSA) is 82.9 Å². The Kier molecular flexibility index (Phi) is 7.50. The molecule has 0 bridgehead atoms. The van der Waals surface area contributed by atoms with E-state index in [1.807, 2.05) is 23.6 Å². The summed E-state index contributed by atoms with van der Waals surface area (Å²) >= 11 is 5.19. The summed E-state index contributed by atoms with van der Waals surface area (Å²) in [6.45, 7) is 15.9. The number of amides is 1. The van der Waals surface area contributed by atoms with Gasteiger partial charge in [0.1, 0.15) is 11.6 Å². The molecule has 0 radical (unpaired) electrons. The average Bonchev–Trinajstić information content (AvgIpc) is 2.98. The molecule has 0 saturated carbocycles. The van der Waals surface area contributed by atoms with Crippen molar-refractivity contribution in [3.8, 4) is 5.75 Å². The molecule has 1 amide bonds. The SMILES string of the molecule is CCn1c(CCNC(=O)CCc2cc(C(C)(C)C)c(O)c(C(C)(C)C)c2)n[nH]c1=S. The number of carbonyl (C=O) groups is 1. The van der Waals surface area contributed by atoms with Crippen molar-refractivity contribution in [1.29, 1.82) is 0 Å². The van der Waals surface area contributed by atoms with Crippen molar-refractivity contribution in [3.63, 3.8) is 0 Å². The van der Waals surface area contributed by atoms with E-state index < -0.39 is 0 Å². The zero-order valence-electron chi connectivity index (χ0n) is 19.3. The minimum absolute atomic E-state index is 0.00914. The Bertz CT molecular complexity index is 910.